The van der Waals surface area contributed by atoms with Crippen molar-refractivity contribution in [2.75, 3.05) is 11.5 Å². The lowest BCUT2D eigenvalue weighted by atomic mass is 10.7. The second kappa shape index (κ2) is 1.11. The highest BCUT2D eigenvalue weighted by Gasteiger charge is 2.04. The zero-order valence-corrected chi connectivity index (χ0v) is 3.51. The standard InChI is InChI=1S/C2H4N4O/c3-1-2(4)6-7-5-1/h(H2,3,5)(H2,4,6)/p+1. The Morgan fingerprint density at radius 3 is 2.43 bits per heavy atom. The lowest BCUT2D eigenvalue weighted by molar-refractivity contribution is -0.610. The molecule has 5 heteroatoms. The molecule has 7 heavy (non-hydrogen) atoms. The summed E-state index contributed by atoms with van der Waals surface area (Å²) in [5.41, 5.74) is 10.2. The van der Waals surface area contributed by atoms with Gasteiger partial charge in [0.15, 0.2) is 0 Å². The smallest absolute Gasteiger partial charge is 0.321 e. The fourth-order valence-electron chi connectivity index (χ4n) is 0.223. The minimum Gasteiger partial charge on any atom is -0.361 e. The van der Waals surface area contributed by atoms with E-state index in [0.717, 1.165) is 0 Å². The molecule has 0 aromatic carbocycles. The summed E-state index contributed by atoms with van der Waals surface area (Å²) in [5, 5.41) is 5.47. The summed E-state index contributed by atoms with van der Waals surface area (Å²) in [4.78, 5) is 0. The Balaban J connectivity index is 3.12. The molecule has 38 valence electrons. The van der Waals surface area contributed by atoms with Crippen LogP contribution in [0.4, 0.5) is 11.6 Å². The first kappa shape index (κ1) is 3.91. The third-order valence-electron chi connectivity index (χ3n) is 0.576. The van der Waals surface area contributed by atoms with Gasteiger partial charge in [0.1, 0.15) is 5.16 Å². The number of aromatic amines is 1. The molecule has 0 aliphatic rings. The quantitative estimate of drug-likeness (QED) is 0.422. The molecule has 1 aromatic heterocycles. The van der Waals surface area contributed by atoms with Crippen LogP contribution in [0.1, 0.15) is 0 Å². The molecule has 1 aromatic rings. The Bertz CT molecular complexity index is 142. The maximum absolute atomic E-state index is 5.10. The molecule has 0 amide bonds. The van der Waals surface area contributed by atoms with Crippen LogP contribution >= 0.6 is 0 Å². The number of anilines is 2. The van der Waals surface area contributed by atoms with E-state index < -0.39 is 0 Å². The summed E-state index contributed by atoms with van der Waals surface area (Å²) >= 11 is 0. The molecule has 0 aliphatic carbocycles. The van der Waals surface area contributed by atoms with Crippen molar-refractivity contribution in [3.8, 4) is 0 Å². The number of nitrogens with two attached hydrogens (primary N) is 2. The van der Waals surface area contributed by atoms with Gasteiger partial charge in [-0.25, -0.2) is 0 Å². The molecule has 5 N–H and O–H groups in total. The maximum atomic E-state index is 5.10. The molecule has 0 aliphatic heterocycles. The molecule has 0 fully saturated rings. The average molecular weight is 101 g/mol. The summed E-state index contributed by atoms with van der Waals surface area (Å²) in [5.74, 6) is 0.458. The number of hydrogen-bond acceptors (Lipinski definition) is 4. The van der Waals surface area contributed by atoms with Crippen LogP contribution in [0.3, 0.4) is 0 Å². The van der Waals surface area contributed by atoms with Crippen molar-refractivity contribution in [2.24, 2.45) is 0 Å². The van der Waals surface area contributed by atoms with Crippen LogP contribution in [-0.2, 0) is 0 Å². The second-order valence-corrected chi connectivity index (χ2v) is 1.08. The minimum atomic E-state index is 0.194. The molecule has 0 bridgehead atoms. The number of H-pyrrole nitrogens is 1. The van der Waals surface area contributed by atoms with E-state index >= 15 is 0 Å². The molecule has 0 saturated carbocycles. The second-order valence-electron chi connectivity index (χ2n) is 1.08. The molecule has 0 saturated heterocycles. The molecule has 0 spiro atoms. The van der Waals surface area contributed by atoms with Crippen LogP contribution in [-0.4, -0.2) is 5.16 Å². The first-order valence-electron chi connectivity index (χ1n) is 1.69. The fraction of sp³-hybridized carbons (Fsp3) is 0. The van der Waals surface area contributed by atoms with Crippen LogP contribution in [0.25, 0.3) is 0 Å². The van der Waals surface area contributed by atoms with E-state index in [2.05, 4.69) is 14.9 Å². The first-order valence-corrected chi connectivity index (χ1v) is 1.69. The van der Waals surface area contributed by atoms with Gasteiger partial charge < -0.3 is 11.5 Å². The summed E-state index contributed by atoms with van der Waals surface area (Å²) in [6.07, 6.45) is 0. The zero-order valence-electron chi connectivity index (χ0n) is 3.51. The lowest BCUT2D eigenvalue weighted by Crippen LogP contribution is -2.04. The van der Waals surface area contributed by atoms with Gasteiger partial charge in [0, 0.05) is 0 Å². The highest BCUT2D eigenvalue weighted by Crippen LogP contribution is 1.97. The Morgan fingerprint density at radius 1 is 1.57 bits per heavy atom. The average Bonchev–Trinajstić information content (AvgIpc) is 1.91. The Kier molecular flexibility index (Phi) is 0.619. The molecular weight excluding hydrogens is 96.0 g/mol. The predicted molar refractivity (Wildman–Crippen MR) is 21.9 cm³/mol. The molecule has 0 atom stereocenters. The molecule has 0 radical (unpaired) electrons. The van der Waals surface area contributed by atoms with Crippen LogP contribution < -0.4 is 16.6 Å². The third-order valence-corrected chi connectivity index (χ3v) is 0.576. The van der Waals surface area contributed by atoms with Crippen molar-refractivity contribution in [1.82, 2.24) is 5.16 Å². The zero-order chi connectivity index (χ0) is 5.28. The third kappa shape index (κ3) is 0.466. The molecule has 0 unspecified atom stereocenters. The van der Waals surface area contributed by atoms with E-state index in [1.807, 2.05) is 0 Å². The van der Waals surface area contributed by atoms with Crippen molar-refractivity contribution in [2.45, 2.75) is 0 Å². The number of aromatic nitrogens is 2. The van der Waals surface area contributed by atoms with E-state index in [0.29, 0.717) is 0 Å². The van der Waals surface area contributed by atoms with Gasteiger partial charge in [0.25, 0.3) is 0 Å². The monoisotopic (exact) mass is 101 g/mol. The summed E-state index contributed by atoms with van der Waals surface area (Å²) in [6.45, 7) is 0. The van der Waals surface area contributed by atoms with Crippen molar-refractivity contribution in [3.05, 3.63) is 0 Å². The van der Waals surface area contributed by atoms with E-state index in [4.69, 9.17) is 11.5 Å². The number of nitrogen functional groups attached to an aromatic ring is 2. The minimum absolute atomic E-state index is 0.194. The van der Waals surface area contributed by atoms with Crippen molar-refractivity contribution in [3.63, 3.8) is 0 Å². The number of hydrogen-bond donors (Lipinski definition) is 2. The van der Waals surface area contributed by atoms with Gasteiger partial charge in [0.05, 0.1) is 0 Å². The Morgan fingerprint density at radius 2 is 2.29 bits per heavy atom. The number of rotatable bonds is 0. The van der Waals surface area contributed by atoms with Crippen LogP contribution in [0.15, 0.2) is 4.63 Å². The maximum Gasteiger partial charge on any atom is 0.321 e. The van der Waals surface area contributed by atoms with E-state index in [-0.39, 0.29) is 11.6 Å². The Labute approximate surface area is 39.2 Å². The van der Waals surface area contributed by atoms with Gasteiger partial charge in [0.2, 0.25) is 0 Å². The van der Waals surface area contributed by atoms with E-state index in [9.17, 15) is 0 Å². The number of nitrogens with zero attached hydrogens (tertiary/aromatic N) is 1. The molecule has 5 nitrogen and oxygen atoms in total. The molecular formula is C2H5N4O+. The largest absolute Gasteiger partial charge is 0.361 e. The van der Waals surface area contributed by atoms with Crippen molar-refractivity contribution in [1.29, 1.82) is 0 Å². The number of nitrogens with one attached hydrogen (secondary N) is 1. The first-order chi connectivity index (χ1) is 3.30. The van der Waals surface area contributed by atoms with Gasteiger partial charge in [-0.2, -0.15) is 0 Å². The van der Waals surface area contributed by atoms with Crippen molar-refractivity contribution >= 4 is 11.6 Å². The summed E-state index contributed by atoms with van der Waals surface area (Å²) in [7, 11) is 0. The van der Waals surface area contributed by atoms with Gasteiger partial charge in [-0.3, -0.25) is 0 Å². The fourth-order valence-corrected chi connectivity index (χ4v) is 0.223. The van der Waals surface area contributed by atoms with Crippen molar-refractivity contribution < 1.29 is 9.79 Å². The molecule has 1 heterocycles. The van der Waals surface area contributed by atoms with Gasteiger partial charge >= 0.3 is 11.6 Å². The van der Waals surface area contributed by atoms with Gasteiger partial charge in [-0.05, 0) is 0 Å². The van der Waals surface area contributed by atoms with Crippen LogP contribution in [0.5, 0.6) is 0 Å². The Hall–Kier alpha value is -1.26. The van der Waals surface area contributed by atoms with E-state index in [1.165, 1.54) is 0 Å². The SMILES string of the molecule is Nc1no[nH+]c1N. The lowest BCUT2D eigenvalue weighted by Gasteiger charge is -1.66. The van der Waals surface area contributed by atoms with Crippen LogP contribution in [0.2, 0.25) is 0 Å². The highest BCUT2D eigenvalue weighted by molar-refractivity contribution is 5.45. The predicted octanol–water partition coefficient (Wildman–Crippen LogP) is -1.35. The molecule has 1 rings (SSSR count). The van der Waals surface area contributed by atoms with Gasteiger partial charge in [-0.15, -0.1) is 4.63 Å². The summed E-state index contributed by atoms with van der Waals surface area (Å²) in [6, 6.07) is 0. The summed E-state index contributed by atoms with van der Waals surface area (Å²) < 4.78 is 4.22. The van der Waals surface area contributed by atoms with Gasteiger partial charge in [-0.1, -0.05) is 5.16 Å². The highest BCUT2D eigenvalue weighted by atomic mass is 16.6. The van der Waals surface area contributed by atoms with E-state index in [1.54, 1.807) is 0 Å². The topological polar surface area (TPSA) is 92.2 Å². The van der Waals surface area contributed by atoms with Crippen LogP contribution in [0, 0.1) is 0 Å². The normalized spacial score (nSPS) is 9.14.